The molecule has 0 bridgehead atoms. The van der Waals surface area contributed by atoms with E-state index in [-0.39, 0.29) is 11.3 Å². The first-order valence-electron chi connectivity index (χ1n) is 6.35. The highest BCUT2D eigenvalue weighted by atomic mass is 32.2. The zero-order valence-corrected chi connectivity index (χ0v) is 12.1. The highest BCUT2D eigenvalue weighted by Crippen LogP contribution is 2.19. The van der Waals surface area contributed by atoms with Crippen molar-refractivity contribution < 1.29 is 18.3 Å². The molecule has 1 fully saturated rings. The maximum absolute atomic E-state index is 12.4. The fraction of sp³-hybridized carbons (Fsp3) is 0.636. The number of hydrogen-bond acceptors (Lipinski definition) is 5. The highest BCUT2D eigenvalue weighted by molar-refractivity contribution is 7.89. The van der Waals surface area contributed by atoms with E-state index in [1.165, 1.54) is 10.5 Å². The standard InChI is InChI=1S/C11H18N4O4S/c1-9-10(8-12-13-9)20(18,19)15-6-4-14(5-7-15)3-2-11(16)17/h8H,2-7H2,1H3,(H,12,13)(H,16,17). The summed E-state index contributed by atoms with van der Waals surface area (Å²) in [5.41, 5.74) is 0.526. The lowest BCUT2D eigenvalue weighted by atomic mass is 10.3. The molecule has 0 spiro atoms. The fourth-order valence-electron chi connectivity index (χ4n) is 2.19. The number of carboxylic acids is 1. The largest absolute Gasteiger partial charge is 0.481 e. The predicted molar refractivity (Wildman–Crippen MR) is 70.8 cm³/mol. The third-order valence-electron chi connectivity index (χ3n) is 3.37. The van der Waals surface area contributed by atoms with Crippen molar-refractivity contribution in [3.05, 3.63) is 11.9 Å². The van der Waals surface area contributed by atoms with Crippen LogP contribution in [0.5, 0.6) is 0 Å². The minimum Gasteiger partial charge on any atom is -0.481 e. The number of H-pyrrole nitrogens is 1. The van der Waals surface area contributed by atoms with Crippen molar-refractivity contribution in [1.82, 2.24) is 19.4 Å². The van der Waals surface area contributed by atoms with Crippen LogP contribution in [0.1, 0.15) is 12.1 Å². The lowest BCUT2D eigenvalue weighted by molar-refractivity contribution is -0.137. The number of carbonyl (C=O) groups is 1. The van der Waals surface area contributed by atoms with E-state index in [1.807, 2.05) is 4.90 Å². The molecule has 1 saturated heterocycles. The average molecular weight is 302 g/mol. The SMILES string of the molecule is Cc1[nH]ncc1S(=O)(=O)N1CCN(CCC(=O)O)CC1. The number of aryl methyl sites for hydroxylation is 1. The van der Waals surface area contributed by atoms with Gasteiger partial charge in [-0.15, -0.1) is 0 Å². The zero-order valence-electron chi connectivity index (χ0n) is 11.2. The zero-order chi connectivity index (χ0) is 14.8. The number of sulfonamides is 1. The van der Waals surface area contributed by atoms with Crippen molar-refractivity contribution >= 4 is 16.0 Å². The molecule has 2 heterocycles. The summed E-state index contributed by atoms with van der Waals surface area (Å²) in [6, 6.07) is 0. The molecule has 1 aliphatic rings. The van der Waals surface area contributed by atoms with Crippen LogP contribution < -0.4 is 0 Å². The van der Waals surface area contributed by atoms with E-state index in [1.54, 1.807) is 6.92 Å². The minimum absolute atomic E-state index is 0.0770. The third kappa shape index (κ3) is 3.17. The summed E-state index contributed by atoms with van der Waals surface area (Å²) >= 11 is 0. The van der Waals surface area contributed by atoms with Gasteiger partial charge in [0, 0.05) is 32.7 Å². The quantitative estimate of drug-likeness (QED) is 0.759. The van der Waals surface area contributed by atoms with Crippen LogP contribution in [0.25, 0.3) is 0 Å². The lowest BCUT2D eigenvalue weighted by Crippen LogP contribution is -2.49. The van der Waals surface area contributed by atoms with E-state index in [0.29, 0.717) is 38.4 Å². The van der Waals surface area contributed by atoms with Crippen LogP contribution in [0.15, 0.2) is 11.1 Å². The Bertz CT molecular complexity index is 575. The lowest BCUT2D eigenvalue weighted by Gasteiger charge is -2.33. The van der Waals surface area contributed by atoms with Gasteiger partial charge in [0.2, 0.25) is 10.0 Å². The van der Waals surface area contributed by atoms with Crippen molar-refractivity contribution in [2.75, 3.05) is 32.7 Å². The van der Waals surface area contributed by atoms with Gasteiger partial charge in [0.1, 0.15) is 4.90 Å². The summed E-state index contributed by atoms with van der Waals surface area (Å²) in [4.78, 5) is 12.7. The van der Waals surface area contributed by atoms with Crippen molar-refractivity contribution in [1.29, 1.82) is 0 Å². The maximum Gasteiger partial charge on any atom is 0.304 e. The van der Waals surface area contributed by atoms with Gasteiger partial charge < -0.3 is 10.0 Å². The van der Waals surface area contributed by atoms with Gasteiger partial charge in [0.05, 0.1) is 18.3 Å². The molecule has 0 radical (unpaired) electrons. The second-order valence-corrected chi connectivity index (χ2v) is 6.66. The average Bonchev–Trinajstić information content (AvgIpc) is 2.84. The first-order chi connectivity index (χ1) is 9.41. The summed E-state index contributed by atoms with van der Waals surface area (Å²) in [6.45, 7) is 3.95. The van der Waals surface area contributed by atoms with Crippen LogP contribution in [0, 0.1) is 6.92 Å². The molecule has 0 amide bonds. The molecular weight excluding hydrogens is 284 g/mol. The Morgan fingerprint density at radius 2 is 2.05 bits per heavy atom. The van der Waals surface area contributed by atoms with Crippen molar-refractivity contribution in [3.8, 4) is 0 Å². The summed E-state index contributed by atoms with van der Waals surface area (Å²) < 4.78 is 26.2. The van der Waals surface area contributed by atoms with E-state index >= 15 is 0 Å². The minimum atomic E-state index is -3.51. The molecule has 8 nitrogen and oxygen atoms in total. The maximum atomic E-state index is 12.4. The molecular formula is C11H18N4O4S. The van der Waals surface area contributed by atoms with Crippen LogP contribution in [-0.2, 0) is 14.8 Å². The second-order valence-electron chi connectivity index (χ2n) is 4.75. The molecule has 9 heteroatoms. The molecule has 2 N–H and O–H groups in total. The molecule has 0 aromatic carbocycles. The summed E-state index contributed by atoms with van der Waals surface area (Å²) in [5.74, 6) is -0.839. The molecule has 0 atom stereocenters. The van der Waals surface area contributed by atoms with Crippen LogP contribution in [-0.4, -0.2) is 71.6 Å². The molecule has 112 valence electrons. The van der Waals surface area contributed by atoms with Crippen molar-refractivity contribution in [3.63, 3.8) is 0 Å². The first kappa shape index (κ1) is 14.9. The van der Waals surface area contributed by atoms with Gasteiger partial charge in [0.25, 0.3) is 0 Å². The second kappa shape index (κ2) is 5.90. The number of aromatic amines is 1. The smallest absolute Gasteiger partial charge is 0.304 e. The Balaban J connectivity index is 1.97. The van der Waals surface area contributed by atoms with Crippen LogP contribution in [0.3, 0.4) is 0 Å². The van der Waals surface area contributed by atoms with Gasteiger partial charge in [0.15, 0.2) is 0 Å². The summed E-state index contributed by atoms with van der Waals surface area (Å²) in [6.07, 6.45) is 1.40. The number of piperazine rings is 1. The number of aliphatic carboxylic acids is 1. The predicted octanol–water partition coefficient (Wildman–Crippen LogP) is -0.501. The Morgan fingerprint density at radius 3 is 2.55 bits per heavy atom. The number of nitrogens with one attached hydrogen (secondary N) is 1. The highest BCUT2D eigenvalue weighted by Gasteiger charge is 2.30. The number of carboxylic acid groups (broad SMARTS) is 1. The molecule has 0 aliphatic carbocycles. The van der Waals surface area contributed by atoms with E-state index in [0.717, 1.165) is 0 Å². The Kier molecular flexibility index (Phi) is 4.41. The molecule has 1 aromatic rings. The summed E-state index contributed by atoms with van der Waals surface area (Å²) in [5, 5.41) is 15.0. The van der Waals surface area contributed by atoms with Crippen molar-refractivity contribution in [2.24, 2.45) is 0 Å². The van der Waals surface area contributed by atoms with Crippen LogP contribution in [0.2, 0.25) is 0 Å². The Labute approximate surface area is 117 Å². The van der Waals surface area contributed by atoms with Gasteiger partial charge in [-0.3, -0.25) is 9.89 Å². The normalized spacial score (nSPS) is 18.2. The number of nitrogens with zero attached hydrogens (tertiary/aromatic N) is 3. The number of aromatic nitrogens is 2. The Hall–Kier alpha value is -1.45. The fourth-order valence-corrected chi connectivity index (χ4v) is 3.73. The van der Waals surface area contributed by atoms with Gasteiger partial charge in [-0.05, 0) is 6.92 Å². The Morgan fingerprint density at radius 1 is 1.40 bits per heavy atom. The van der Waals surface area contributed by atoms with Crippen molar-refractivity contribution in [2.45, 2.75) is 18.2 Å². The van der Waals surface area contributed by atoms with E-state index in [4.69, 9.17) is 5.11 Å². The molecule has 20 heavy (non-hydrogen) atoms. The molecule has 1 aromatic heterocycles. The van der Waals surface area contributed by atoms with Gasteiger partial charge >= 0.3 is 5.97 Å². The van der Waals surface area contributed by atoms with E-state index in [9.17, 15) is 13.2 Å². The molecule has 2 rings (SSSR count). The number of hydrogen-bond donors (Lipinski definition) is 2. The molecule has 0 unspecified atom stereocenters. The third-order valence-corrected chi connectivity index (χ3v) is 5.39. The van der Waals surface area contributed by atoms with E-state index in [2.05, 4.69) is 10.2 Å². The molecule has 0 saturated carbocycles. The number of rotatable bonds is 5. The van der Waals surface area contributed by atoms with E-state index < -0.39 is 16.0 Å². The van der Waals surface area contributed by atoms with Gasteiger partial charge in [-0.2, -0.15) is 9.40 Å². The van der Waals surface area contributed by atoms with Gasteiger partial charge in [-0.1, -0.05) is 0 Å². The first-order valence-corrected chi connectivity index (χ1v) is 7.79. The van der Waals surface area contributed by atoms with Crippen LogP contribution >= 0.6 is 0 Å². The monoisotopic (exact) mass is 302 g/mol. The van der Waals surface area contributed by atoms with Crippen LogP contribution in [0.4, 0.5) is 0 Å². The van der Waals surface area contributed by atoms with Gasteiger partial charge in [-0.25, -0.2) is 8.42 Å². The topological polar surface area (TPSA) is 107 Å². The molecule has 1 aliphatic heterocycles. The summed E-state index contributed by atoms with van der Waals surface area (Å²) in [7, 11) is -3.51.